The number of aldehydes is 1. The van der Waals surface area contributed by atoms with Gasteiger partial charge in [0, 0.05) is 29.0 Å². The van der Waals surface area contributed by atoms with Gasteiger partial charge in [-0.25, -0.2) is 9.97 Å². The van der Waals surface area contributed by atoms with E-state index in [0.717, 1.165) is 18.5 Å². The van der Waals surface area contributed by atoms with Gasteiger partial charge in [-0.05, 0) is 43.9 Å². The Balaban J connectivity index is 0.000000552. The zero-order valence-corrected chi connectivity index (χ0v) is 17.0. The molecule has 148 valence electrons. The molecule has 3 aromatic heterocycles. The Morgan fingerprint density at radius 2 is 1.90 bits per heavy atom. The van der Waals surface area contributed by atoms with Crippen LogP contribution in [0.15, 0.2) is 54.9 Å². The molecule has 8 heteroatoms. The molecule has 0 amide bonds. The molecule has 4 aromatic rings. The van der Waals surface area contributed by atoms with Gasteiger partial charge in [0.15, 0.2) is 6.29 Å². The highest BCUT2D eigenvalue weighted by Crippen LogP contribution is 2.27. The van der Waals surface area contributed by atoms with Crippen LogP contribution in [0.3, 0.4) is 0 Å². The summed E-state index contributed by atoms with van der Waals surface area (Å²) in [4.78, 5) is 20.6. The lowest BCUT2D eigenvalue weighted by atomic mass is 10.0. The van der Waals surface area contributed by atoms with E-state index in [1.807, 2.05) is 60.4 Å². The second kappa shape index (κ2) is 9.22. The Morgan fingerprint density at radius 1 is 1.24 bits per heavy atom. The number of nitrogens with two attached hydrogens (primary N) is 1. The van der Waals surface area contributed by atoms with Gasteiger partial charge in [-0.1, -0.05) is 19.1 Å². The monoisotopic (exact) mass is 406 g/mol. The molecule has 29 heavy (non-hydrogen) atoms. The second-order valence-corrected chi connectivity index (χ2v) is 7.20. The summed E-state index contributed by atoms with van der Waals surface area (Å²) in [5, 5.41) is 12.1. The fourth-order valence-corrected chi connectivity index (χ4v) is 3.50. The number of benzene rings is 1. The van der Waals surface area contributed by atoms with Gasteiger partial charge in [0.25, 0.3) is 0 Å². The largest absolute Gasteiger partial charge is 0.368 e. The minimum atomic E-state index is 0.0931. The standard InChI is InChI=1S/C18H13N5OS.C3H9N/c19-15(11-3-5-12(6-4-11)23-7-1-2-8-23)16-14-9-13(10-24)25-17(14)22-18(20)21-16;1-3-4-2/h1-10,19H,(H2,20,21,22);4H,3H2,1-2H3. The molecule has 4 rings (SSSR count). The first-order valence-corrected chi connectivity index (χ1v) is 9.88. The molecular formula is C21H22N6OS. The number of aromatic nitrogens is 3. The zero-order chi connectivity index (χ0) is 20.8. The predicted octanol–water partition coefficient (Wildman–Crippen LogP) is 3.52. The van der Waals surface area contributed by atoms with Crippen molar-refractivity contribution >= 4 is 39.5 Å². The quantitative estimate of drug-likeness (QED) is 0.347. The van der Waals surface area contributed by atoms with E-state index in [1.165, 1.54) is 11.3 Å². The van der Waals surface area contributed by atoms with E-state index in [-0.39, 0.29) is 11.7 Å². The van der Waals surface area contributed by atoms with Crippen molar-refractivity contribution in [2.75, 3.05) is 19.3 Å². The minimum absolute atomic E-state index is 0.0931. The minimum Gasteiger partial charge on any atom is -0.368 e. The average molecular weight is 407 g/mol. The summed E-state index contributed by atoms with van der Waals surface area (Å²) in [6.45, 7) is 3.14. The number of rotatable bonds is 5. The molecule has 0 aliphatic heterocycles. The van der Waals surface area contributed by atoms with E-state index >= 15 is 0 Å². The first-order chi connectivity index (χ1) is 14.1. The van der Waals surface area contributed by atoms with Crippen molar-refractivity contribution in [3.05, 3.63) is 71.0 Å². The van der Waals surface area contributed by atoms with Crippen LogP contribution in [0.2, 0.25) is 0 Å². The molecule has 4 N–H and O–H groups in total. The number of carbonyl (C=O) groups is 1. The molecule has 1 aromatic carbocycles. The summed E-state index contributed by atoms with van der Waals surface area (Å²) >= 11 is 1.24. The normalized spacial score (nSPS) is 10.4. The summed E-state index contributed by atoms with van der Waals surface area (Å²) in [7, 11) is 1.93. The van der Waals surface area contributed by atoms with Crippen LogP contribution in [0.4, 0.5) is 5.95 Å². The summed E-state index contributed by atoms with van der Waals surface area (Å²) in [6, 6.07) is 13.2. The van der Waals surface area contributed by atoms with Gasteiger partial charge in [0.1, 0.15) is 10.5 Å². The topological polar surface area (TPSA) is 110 Å². The first kappa shape index (κ1) is 20.4. The lowest BCUT2D eigenvalue weighted by Crippen LogP contribution is -2.08. The molecule has 7 nitrogen and oxygen atoms in total. The smallest absolute Gasteiger partial charge is 0.222 e. The highest BCUT2D eigenvalue weighted by molar-refractivity contribution is 7.20. The molecule has 0 saturated carbocycles. The molecule has 0 unspecified atom stereocenters. The van der Waals surface area contributed by atoms with E-state index in [2.05, 4.69) is 22.2 Å². The maximum absolute atomic E-state index is 11.0. The number of anilines is 1. The van der Waals surface area contributed by atoms with Crippen molar-refractivity contribution in [3.63, 3.8) is 0 Å². The number of hydrogen-bond acceptors (Lipinski definition) is 7. The number of hydrogen-bond donors (Lipinski definition) is 3. The summed E-state index contributed by atoms with van der Waals surface area (Å²) in [5.74, 6) is 0.0931. The SMILES string of the molecule is CCNC.N=C(c1ccc(-n2cccc2)cc1)c1nc(N)nc2sc(C=O)cc12. The Kier molecular flexibility index (Phi) is 6.48. The number of thiophene rings is 1. The lowest BCUT2D eigenvalue weighted by molar-refractivity contribution is 0.112. The van der Waals surface area contributed by atoms with Crippen LogP contribution in [0.5, 0.6) is 0 Å². The molecule has 3 heterocycles. The molecule has 0 aliphatic rings. The third-order valence-corrected chi connectivity index (χ3v) is 5.15. The van der Waals surface area contributed by atoms with Crippen molar-refractivity contribution in [3.8, 4) is 5.69 Å². The molecular weight excluding hydrogens is 384 g/mol. The molecule has 0 aliphatic carbocycles. The Hall–Kier alpha value is -3.36. The Labute approximate surface area is 172 Å². The van der Waals surface area contributed by atoms with Crippen LogP contribution < -0.4 is 11.1 Å². The maximum Gasteiger partial charge on any atom is 0.222 e. The molecule has 0 atom stereocenters. The van der Waals surface area contributed by atoms with E-state index in [4.69, 9.17) is 11.1 Å². The fraction of sp³-hybridized carbons (Fsp3) is 0.143. The fourth-order valence-electron chi connectivity index (χ4n) is 2.65. The number of nitrogens with zero attached hydrogens (tertiary/aromatic N) is 3. The van der Waals surface area contributed by atoms with Crippen molar-refractivity contribution in [2.45, 2.75) is 6.92 Å². The van der Waals surface area contributed by atoms with Crippen LogP contribution >= 0.6 is 11.3 Å². The van der Waals surface area contributed by atoms with Gasteiger partial charge in [0.05, 0.1) is 10.6 Å². The number of fused-ring (bicyclic) bond motifs is 1. The van der Waals surface area contributed by atoms with Crippen molar-refractivity contribution in [1.82, 2.24) is 19.9 Å². The molecule has 0 spiro atoms. The number of nitrogens with one attached hydrogen (secondary N) is 2. The number of nitrogen functional groups attached to an aromatic ring is 1. The number of carbonyl (C=O) groups excluding carboxylic acids is 1. The summed E-state index contributed by atoms with van der Waals surface area (Å²) < 4.78 is 1.99. The Morgan fingerprint density at radius 3 is 2.48 bits per heavy atom. The van der Waals surface area contributed by atoms with Crippen LogP contribution in [-0.2, 0) is 0 Å². The van der Waals surface area contributed by atoms with Crippen LogP contribution in [0.1, 0.15) is 27.9 Å². The molecule has 0 radical (unpaired) electrons. The van der Waals surface area contributed by atoms with Crippen LogP contribution in [0, 0.1) is 5.41 Å². The van der Waals surface area contributed by atoms with Crippen LogP contribution in [-0.4, -0.2) is 40.1 Å². The van der Waals surface area contributed by atoms with Crippen molar-refractivity contribution in [1.29, 1.82) is 5.41 Å². The summed E-state index contributed by atoms with van der Waals surface area (Å²) in [6.07, 6.45) is 4.68. The predicted molar refractivity (Wildman–Crippen MR) is 119 cm³/mol. The third-order valence-electron chi connectivity index (χ3n) is 4.19. The average Bonchev–Trinajstić information content (AvgIpc) is 3.42. The van der Waals surface area contributed by atoms with Gasteiger partial charge >= 0.3 is 0 Å². The van der Waals surface area contributed by atoms with Gasteiger partial charge < -0.3 is 15.6 Å². The Bertz CT molecular complexity index is 1110. The van der Waals surface area contributed by atoms with E-state index in [1.54, 1.807) is 6.07 Å². The maximum atomic E-state index is 11.0. The van der Waals surface area contributed by atoms with Gasteiger partial charge in [-0.2, -0.15) is 0 Å². The highest BCUT2D eigenvalue weighted by Gasteiger charge is 2.15. The first-order valence-electron chi connectivity index (χ1n) is 9.07. The molecule has 0 bridgehead atoms. The molecule has 0 saturated heterocycles. The van der Waals surface area contributed by atoms with Gasteiger partial charge in [-0.15, -0.1) is 11.3 Å². The zero-order valence-electron chi connectivity index (χ0n) is 16.2. The summed E-state index contributed by atoms with van der Waals surface area (Å²) in [5.41, 5.74) is 8.17. The van der Waals surface area contributed by atoms with Gasteiger partial charge in [-0.3, -0.25) is 10.2 Å². The van der Waals surface area contributed by atoms with E-state index in [9.17, 15) is 4.79 Å². The lowest BCUT2D eigenvalue weighted by Gasteiger charge is -2.08. The van der Waals surface area contributed by atoms with E-state index in [0.29, 0.717) is 26.4 Å². The van der Waals surface area contributed by atoms with Crippen molar-refractivity contribution < 1.29 is 4.79 Å². The van der Waals surface area contributed by atoms with Gasteiger partial charge in [0.2, 0.25) is 5.95 Å². The highest BCUT2D eigenvalue weighted by atomic mass is 32.1. The third kappa shape index (κ3) is 4.56. The molecule has 0 fully saturated rings. The van der Waals surface area contributed by atoms with E-state index < -0.39 is 0 Å². The van der Waals surface area contributed by atoms with Crippen molar-refractivity contribution in [2.24, 2.45) is 0 Å². The van der Waals surface area contributed by atoms with Crippen LogP contribution in [0.25, 0.3) is 15.9 Å². The second-order valence-electron chi connectivity index (χ2n) is 6.14.